The summed E-state index contributed by atoms with van der Waals surface area (Å²) < 4.78 is 5.35. The number of rotatable bonds is 5. The number of halogens is 1. The normalized spacial score (nSPS) is 16.4. The first-order chi connectivity index (χ1) is 13.7. The molecule has 6 nitrogen and oxygen atoms in total. The Morgan fingerprint density at radius 2 is 2.07 bits per heavy atom. The molecule has 2 aromatic carbocycles. The van der Waals surface area contributed by atoms with E-state index in [0.717, 1.165) is 43.2 Å². The summed E-state index contributed by atoms with van der Waals surface area (Å²) in [6.45, 7) is 2.63. The van der Waals surface area contributed by atoms with Crippen molar-refractivity contribution in [1.29, 1.82) is 5.26 Å². The third-order valence-electron chi connectivity index (χ3n) is 4.95. The van der Waals surface area contributed by atoms with Gasteiger partial charge in [-0.2, -0.15) is 5.26 Å². The monoisotopic (exact) mass is 505 g/mol. The minimum Gasteiger partial charge on any atom is -0.497 e. The van der Waals surface area contributed by atoms with Gasteiger partial charge in [-0.25, -0.2) is 0 Å². The highest BCUT2D eigenvalue weighted by molar-refractivity contribution is 14.0. The van der Waals surface area contributed by atoms with Crippen LogP contribution in [0.1, 0.15) is 24.0 Å². The number of nitrogens with zero attached hydrogens (tertiary/aromatic N) is 3. The number of nitriles is 1. The molecule has 3 rings (SSSR count). The van der Waals surface area contributed by atoms with Crippen LogP contribution in [0.4, 0.5) is 5.69 Å². The van der Waals surface area contributed by atoms with Crippen molar-refractivity contribution in [2.45, 2.75) is 25.4 Å². The second-order valence-electron chi connectivity index (χ2n) is 6.87. The van der Waals surface area contributed by atoms with E-state index in [9.17, 15) is 0 Å². The second-order valence-corrected chi connectivity index (χ2v) is 6.87. The van der Waals surface area contributed by atoms with Crippen LogP contribution in [0.15, 0.2) is 53.5 Å². The van der Waals surface area contributed by atoms with Crippen LogP contribution >= 0.6 is 24.0 Å². The van der Waals surface area contributed by atoms with E-state index in [1.165, 1.54) is 5.69 Å². The number of aliphatic imine (C=N–C) groups is 1. The summed E-state index contributed by atoms with van der Waals surface area (Å²) in [6, 6.07) is 18.3. The zero-order valence-corrected chi connectivity index (χ0v) is 19.2. The maximum absolute atomic E-state index is 8.89. The summed E-state index contributed by atoms with van der Waals surface area (Å²) >= 11 is 0. The molecule has 2 N–H and O–H groups in total. The summed E-state index contributed by atoms with van der Waals surface area (Å²) in [5, 5.41) is 15.8. The zero-order chi connectivity index (χ0) is 19.8. The minimum absolute atomic E-state index is 0. The lowest BCUT2D eigenvalue weighted by Gasteiger charge is -2.35. The topological polar surface area (TPSA) is 72.7 Å². The predicted molar refractivity (Wildman–Crippen MR) is 128 cm³/mol. The largest absolute Gasteiger partial charge is 0.497 e. The Hall–Kier alpha value is -2.47. The third kappa shape index (κ3) is 6.53. The maximum Gasteiger partial charge on any atom is 0.191 e. The van der Waals surface area contributed by atoms with E-state index in [2.05, 4.69) is 38.7 Å². The summed E-state index contributed by atoms with van der Waals surface area (Å²) in [6.07, 6.45) is 2.24. The fraction of sp³-hybridized carbons (Fsp3) is 0.364. The lowest BCUT2D eigenvalue weighted by Crippen LogP contribution is -2.51. The molecule has 1 aliphatic rings. The van der Waals surface area contributed by atoms with Gasteiger partial charge < -0.3 is 20.3 Å². The lowest BCUT2D eigenvalue weighted by molar-refractivity contribution is 0.414. The van der Waals surface area contributed by atoms with Crippen LogP contribution in [0, 0.1) is 11.3 Å². The lowest BCUT2D eigenvalue weighted by atomic mass is 10.0. The van der Waals surface area contributed by atoms with Gasteiger partial charge in [-0.3, -0.25) is 4.99 Å². The smallest absolute Gasteiger partial charge is 0.191 e. The van der Waals surface area contributed by atoms with Crippen LogP contribution < -0.4 is 20.3 Å². The zero-order valence-electron chi connectivity index (χ0n) is 16.9. The van der Waals surface area contributed by atoms with Crippen molar-refractivity contribution in [2.24, 2.45) is 4.99 Å². The molecule has 1 fully saturated rings. The van der Waals surface area contributed by atoms with Gasteiger partial charge in [0.15, 0.2) is 5.96 Å². The molecule has 1 saturated heterocycles. The van der Waals surface area contributed by atoms with Crippen molar-refractivity contribution in [3.05, 3.63) is 59.7 Å². The summed E-state index contributed by atoms with van der Waals surface area (Å²) in [7, 11) is 3.49. The van der Waals surface area contributed by atoms with Gasteiger partial charge in [0.1, 0.15) is 5.75 Å². The molecule has 0 radical (unpaired) electrons. The number of hydrogen-bond acceptors (Lipinski definition) is 4. The molecule has 2 aromatic rings. The Morgan fingerprint density at radius 1 is 1.28 bits per heavy atom. The van der Waals surface area contributed by atoms with Crippen LogP contribution in [0.25, 0.3) is 0 Å². The average Bonchev–Trinajstić information content (AvgIpc) is 2.77. The number of ether oxygens (including phenoxy) is 1. The van der Waals surface area contributed by atoms with Crippen molar-refractivity contribution in [2.75, 3.05) is 32.1 Å². The van der Waals surface area contributed by atoms with Crippen LogP contribution in [0.5, 0.6) is 5.75 Å². The number of benzene rings is 2. The average molecular weight is 505 g/mol. The first kappa shape index (κ1) is 22.8. The molecule has 0 saturated carbocycles. The Bertz CT molecular complexity index is 847. The standard InChI is InChI=1S/C22H27N5O.HI/c1-24-22(25-15-18-10-8-17(14-23)9-11-18)26-19-5-4-12-27(16-19)20-6-3-7-21(13-20)28-2;/h3,6-11,13,19H,4-5,12,15-16H2,1-2H3,(H2,24,25,26);1H. The SMILES string of the molecule is CN=C(NCc1ccc(C#N)cc1)NC1CCCN(c2cccc(OC)c2)C1.I. The van der Waals surface area contributed by atoms with Crippen molar-refractivity contribution in [1.82, 2.24) is 10.6 Å². The highest BCUT2D eigenvalue weighted by Gasteiger charge is 2.21. The number of piperidine rings is 1. The fourth-order valence-electron chi connectivity index (χ4n) is 3.41. The first-order valence-corrected chi connectivity index (χ1v) is 9.57. The van der Waals surface area contributed by atoms with Gasteiger partial charge in [0.05, 0.1) is 18.7 Å². The molecule has 1 heterocycles. The molecular formula is C22H28IN5O. The van der Waals surface area contributed by atoms with E-state index in [0.29, 0.717) is 18.2 Å². The molecule has 0 bridgehead atoms. The first-order valence-electron chi connectivity index (χ1n) is 9.57. The second kappa shape index (κ2) is 11.5. The third-order valence-corrected chi connectivity index (χ3v) is 4.95. The Labute approximate surface area is 190 Å². The van der Waals surface area contributed by atoms with Crippen molar-refractivity contribution >= 4 is 35.6 Å². The van der Waals surface area contributed by atoms with Gasteiger partial charge >= 0.3 is 0 Å². The van der Waals surface area contributed by atoms with E-state index in [4.69, 9.17) is 10.00 Å². The molecule has 29 heavy (non-hydrogen) atoms. The number of methoxy groups -OCH3 is 1. The van der Waals surface area contributed by atoms with E-state index in [1.807, 2.05) is 36.4 Å². The quantitative estimate of drug-likeness (QED) is 0.370. The van der Waals surface area contributed by atoms with Crippen molar-refractivity contribution in [3.8, 4) is 11.8 Å². The van der Waals surface area contributed by atoms with Crippen LogP contribution in [-0.4, -0.2) is 39.2 Å². The van der Waals surface area contributed by atoms with Crippen LogP contribution in [0.2, 0.25) is 0 Å². The summed E-state index contributed by atoms with van der Waals surface area (Å²) in [5.41, 5.74) is 2.97. The molecule has 0 amide bonds. The van der Waals surface area contributed by atoms with E-state index < -0.39 is 0 Å². The van der Waals surface area contributed by atoms with Gasteiger partial charge in [-0.1, -0.05) is 18.2 Å². The Balaban J connectivity index is 0.00000300. The van der Waals surface area contributed by atoms with Gasteiger partial charge in [0, 0.05) is 44.5 Å². The molecule has 1 aliphatic heterocycles. The molecule has 0 spiro atoms. The summed E-state index contributed by atoms with van der Waals surface area (Å²) in [5.74, 6) is 1.68. The maximum atomic E-state index is 8.89. The molecule has 7 heteroatoms. The van der Waals surface area contributed by atoms with Crippen LogP contribution in [-0.2, 0) is 6.54 Å². The van der Waals surface area contributed by atoms with Crippen molar-refractivity contribution < 1.29 is 4.74 Å². The number of hydrogen-bond donors (Lipinski definition) is 2. The minimum atomic E-state index is 0. The van der Waals surface area contributed by atoms with E-state index in [1.54, 1.807) is 14.2 Å². The van der Waals surface area contributed by atoms with Gasteiger partial charge in [0.2, 0.25) is 0 Å². The molecule has 154 valence electrons. The Morgan fingerprint density at radius 3 is 2.76 bits per heavy atom. The summed E-state index contributed by atoms with van der Waals surface area (Å²) in [4.78, 5) is 6.75. The highest BCUT2D eigenvalue weighted by atomic mass is 127. The predicted octanol–water partition coefficient (Wildman–Crippen LogP) is 3.52. The van der Waals surface area contributed by atoms with Crippen molar-refractivity contribution in [3.63, 3.8) is 0 Å². The number of anilines is 1. The number of nitrogens with one attached hydrogen (secondary N) is 2. The van der Waals surface area contributed by atoms with Gasteiger partial charge in [-0.15, -0.1) is 24.0 Å². The molecule has 1 unspecified atom stereocenters. The van der Waals surface area contributed by atoms with Gasteiger partial charge in [-0.05, 0) is 42.7 Å². The molecule has 0 aliphatic carbocycles. The highest BCUT2D eigenvalue weighted by Crippen LogP contribution is 2.24. The Kier molecular flexibility index (Phi) is 9.06. The number of guanidine groups is 1. The molecule has 0 aromatic heterocycles. The van der Waals surface area contributed by atoms with E-state index >= 15 is 0 Å². The van der Waals surface area contributed by atoms with Crippen LogP contribution in [0.3, 0.4) is 0 Å². The van der Waals surface area contributed by atoms with E-state index in [-0.39, 0.29) is 24.0 Å². The molecular weight excluding hydrogens is 477 g/mol. The fourth-order valence-corrected chi connectivity index (χ4v) is 3.41. The van der Waals surface area contributed by atoms with Gasteiger partial charge in [0.25, 0.3) is 0 Å². The molecule has 1 atom stereocenters.